The number of hydrogen-bond acceptors (Lipinski definition) is 5. The quantitative estimate of drug-likeness (QED) is 0.708. The minimum atomic E-state index is -3.50. The molecule has 0 saturated carbocycles. The van der Waals surface area contributed by atoms with Crippen LogP contribution in [0.2, 0.25) is 0 Å². The van der Waals surface area contributed by atoms with Gasteiger partial charge in [0.2, 0.25) is 10.0 Å². The van der Waals surface area contributed by atoms with E-state index in [1.54, 1.807) is 19.2 Å². The fraction of sp³-hybridized carbons (Fsp3) is 0.684. The number of piperidine rings is 1. The van der Waals surface area contributed by atoms with Crippen LogP contribution < -0.4 is 9.46 Å². The van der Waals surface area contributed by atoms with Gasteiger partial charge in [0.05, 0.1) is 18.1 Å². The van der Waals surface area contributed by atoms with Gasteiger partial charge in [-0.3, -0.25) is 0 Å². The lowest BCUT2D eigenvalue weighted by molar-refractivity contribution is 0.121. The first-order valence-corrected chi connectivity index (χ1v) is 10.8. The SMILES string of the molecule is CCOc1c(C)cc(S(=O)(=O)NCC2CCN(CCOC)CC2)cc1C. The van der Waals surface area contributed by atoms with E-state index in [1.807, 2.05) is 20.8 Å². The van der Waals surface area contributed by atoms with Gasteiger partial charge in [-0.25, -0.2) is 13.1 Å². The summed E-state index contributed by atoms with van der Waals surface area (Å²) in [4.78, 5) is 2.68. The number of aryl methyl sites for hydroxylation is 2. The number of ether oxygens (including phenoxy) is 2. The Morgan fingerprint density at radius 2 is 1.81 bits per heavy atom. The molecular weight excluding hydrogens is 352 g/mol. The minimum Gasteiger partial charge on any atom is -0.493 e. The molecule has 1 saturated heterocycles. The monoisotopic (exact) mass is 384 g/mol. The highest BCUT2D eigenvalue weighted by Crippen LogP contribution is 2.27. The number of methoxy groups -OCH3 is 1. The predicted octanol–water partition coefficient (Wildman–Crippen LogP) is 2.34. The van der Waals surface area contributed by atoms with Crippen LogP contribution in [0.4, 0.5) is 0 Å². The second-order valence-electron chi connectivity index (χ2n) is 6.95. The maximum absolute atomic E-state index is 12.7. The number of hydrogen-bond donors (Lipinski definition) is 1. The summed E-state index contributed by atoms with van der Waals surface area (Å²) in [6.45, 7) is 10.4. The fourth-order valence-electron chi connectivity index (χ4n) is 3.38. The lowest BCUT2D eigenvalue weighted by Gasteiger charge is -2.31. The van der Waals surface area contributed by atoms with Crippen molar-refractivity contribution < 1.29 is 17.9 Å². The van der Waals surface area contributed by atoms with Gasteiger partial charge in [0.25, 0.3) is 0 Å². The van der Waals surface area contributed by atoms with E-state index in [1.165, 1.54) is 0 Å². The number of nitrogens with one attached hydrogen (secondary N) is 1. The maximum Gasteiger partial charge on any atom is 0.240 e. The zero-order chi connectivity index (χ0) is 19.2. The first-order chi connectivity index (χ1) is 12.4. The van der Waals surface area contributed by atoms with Crippen LogP contribution in [0, 0.1) is 19.8 Å². The molecule has 0 aliphatic carbocycles. The van der Waals surface area contributed by atoms with Crippen molar-refractivity contribution in [3.05, 3.63) is 23.3 Å². The summed E-state index contributed by atoms with van der Waals surface area (Å²) in [6, 6.07) is 3.38. The van der Waals surface area contributed by atoms with Crippen LogP contribution in [-0.4, -0.2) is 59.8 Å². The molecule has 1 aromatic rings. The Labute approximate surface area is 157 Å². The van der Waals surface area contributed by atoms with Crippen molar-refractivity contribution in [2.45, 2.75) is 38.5 Å². The van der Waals surface area contributed by atoms with Crippen molar-refractivity contribution in [3.8, 4) is 5.75 Å². The van der Waals surface area contributed by atoms with Crippen LogP contribution in [-0.2, 0) is 14.8 Å². The second kappa shape index (κ2) is 9.69. The van der Waals surface area contributed by atoms with Crippen molar-refractivity contribution in [2.75, 3.05) is 46.5 Å². The first-order valence-electron chi connectivity index (χ1n) is 9.32. The van der Waals surface area contributed by atoms with E-state index < -0.39 is 10.0 Å². The molecule has 1 aromatic carbocycles. The summed E-state index contributed by atoms with van der Waals surface area (Å²) < 4.78 is 38.9. The zero-order valence-electron chi connectivity index (χ0n) is 16.4. The van der Waals surface area contributed by atoms with Crippen LogP contribution >= 0.6 is 0 Å². The number of sulfonamides is 1. The van der Waals surface area contributed by atoms with Gasteiger partial charge in [0.1, 0.15) is 5.75 Å². The van der Waals surface area contributed by atoms with Gasteiger partial charge in [-0.15, -0.1) is 0 Å². The molecule has 6 nitrogen and oxygen atoms in total. The van der Waals surface area contributed by atoms with Crippen LogP contribution in [0.15, 0.2) is 17.0 Å². The predicted molar refractivity (Wildman–Crippen MR) is 103 cm³/mol. The number of benzene rings is 1. The third-order valence-corrected chi connectivity index (χ3v) is 6.32. The molecule has 0 unspecified atom stereocenters. The van der Waals surface area contributed by atoms with Crippen molar-refractivity contribution in [1.82, 2.24) is 9.62 Å². The molecular formula is C19H32N2O4S. The molecule has 148 valence electrons. The Bertz CT molecular complexity index is 660. The van der Waals surface area contributed by atoms with Crippen molar-refractivity contribution in [1.29, 1.82) is 0 Å². The highest BCUT2D eigenvalue weighted by molar-refractivity contribution is 7.89. The van der Waals surface area contributed by atoms with Gasteiger partial charge < -0.3 is 14.4 Å². The molecule has 0 amide bonds. The molecule has 1 fully saturated rings. The molecule has 0 spiro atoms. The third-order valence-electron chi connectivity index (χ3n) is 4.91. The summed E-state index contributed by atoms with van der Waals surface area (Å²) >= 11 is 0. The molecule has 0 radical (unpaired) electrons. The van der Waals surface area contributed by atoms with Crippen LogP contribution in [0.1, 0.15) is 30.9 Å². The fourth-order valence-corrected chi connectivity index (χ4v) is 4.67. The van der Waals surface area contributed by atoms with Crippen LogP contribution in [0.25, 0.3) is 0 Å². The van der Waals surface area contributed by atoms with E-state index in [0.717, 1.165) is 56.0 Å². The smallest absolute Gasteiger partial charge is 0.240 e. The van der Waals surface area contributed by atoms with Crippen LogP contribution in [0.5, 0.6) is 5.75 Å². The molecule has 1 heterocycles. The average Bonchev–Trinajstić information content (AvgIpc) is 2.62. The second-order valence-corrected chi connectivity index (χ2v) is 8.72. The summed E-state index contributed by atoms with van der Waals surface area (Å²) in [5.74, 6) is 1.16. The maximum atomic E-state index is 12.7. The Hall–Kier alpha value is -1.15. The van der Waals surface area contributed by atoms with Gasteiger partial charge in [0.15, 0.2) is 0 Å². The van der Waals surface area contributed by atoms with Gasteiger partial charge in [-0.05, 0) is 75.9 Å². The van der Waals surface area contributed by atoms with Gasteiger partial charge >= 0.3 is 0 Å². The summed E-state index contributed by atoms with van der Waals surface area (Å²) in [5, 5.41) is 0. The van der Waals surface area contributed by atoms with E-state index in [9.17, 15) is 8.42 Å². The molecule has 0 atom stereocenters. The van der Waals surface area contributed by atoms with E-state index in [-0.39, 0.29) is 0 Å². The van der Waals surface area contributed by atoms with Gasteiger partial charge in [-0.1, -0.05) is 0 Å². The Kier molecular flexibility index (Phi) is 7.88. The lowest BCUT2D eigenvalue weighted by atomic mass is 9.97. The Balaban J connectivity index is 1.93. The van der Waals surface area contributed by atoms with Gasteiger partial charge in [-0.2, -0.15) is 0 Å². The molecule has 1 aliphatic rings. The van der Waals surface area contributed by atoms with E-state index in [4.69, 9.17) is 9.47 Å². The molecule has 26 heavy (non-hydrogen) atoms. The number of rotatable bonds is 9. The zero-order valence-corrected chi connectivity index (χ0v) is 17.2. The van der Waals surface area contributed by atoms with E-state index in [2.05, 4.69) is 9.62 Å². The van der Waals surface area contributed by atoms with Crippen LogP contribution in [0.3, 0.4) is 0 Å². The highest BCUT2D eigenvalue weighted by Gasteiger charge is 2.22. The van der Waals surface area contributed by atoms with Crippen molar-refractivity contribution in [2.24, 2.45) is 5.92 Å². The lowest BCUT2D eigenvalue weighted by Crippen LogP contribution is -2.39. The number of nitrogens with zero attached hydrogens (tertiary/aromatic N) is 1. The molecule has 7 heteroatoms. The van der Waals surface area contributed by atoms with E-state index in [0.29, 0.717) is 24.0 Å². The Morgan fingerprint density at radius 3 is 2.35 bits per heavy atom. The normalized spacial score (nSPS) is 16.8. The largest absolute Gasteiger partial charge is 0.493 e. The minimum absolute atomic E-state index is 0.313. The Morgan fingerprint density at radius 1 is 1.19 bits per heavy atom. The highest BCUT2D eigenvalue weighted by atomic mass is 32.2. The molecule has 0 bridgehead atoms. The summed E-state index contributed by atoms with van der Waals surface area (Å²) in [7, 11) is -1.79. The molecule has 1 N–H and O–H groups in total. The standard InChI is InChI=1S/C19H32N2O4S/c1-5-25-19-15(2)12-18(13-16(19)3)26(22,23)20-14-17-6-8-21(9-7-17)10-11-24-4/h12-13,17,20H,5-11,14H2,1-4H3. The molecule has 2 rings (SSSR count). The van der Waals surface area contributed by atoms with Crippen molar-refractivity contribution in [3.63, 3.8) is 0 Å². The van der Waals surface area contributed by atoms with Gasteiger partial charge in [0, 0.05) is 20.2 Å². The average molecular weight is 385 g/mol. The number of likely N-dealkylation sites (tertiary alicyclic amines) is 1. The van der Waals surface area contributed by atoms with E-state index >= 15 is 0 Å². The summed E-state index contributed by atoms with van der Waals surface area (Å²) in [5.41, 5.74) is 1.69. The summed E-state index contributed by atoms with van der Waals surface area (Å²) in [6.07, 6.45) is 2.02. The third kappa shape index (κ3) is 5.67. The first kappa shape index (κ1) is 21.2. The molecule has 1 aliphatic heterocycles. The van der Waals surface area contributed by atoms with Crippen molar-refractivity contribution >= 4 is 10.0 Å². The topological polar surface area (TPSA) is 67.9 Å². The molecule has 0 aromatic heterocycles.